The number of rotatable bonds is 10. The topological polar surface area (TPSA) is 83.1 Å². The Bertz CT molecular complexity index is 595. The van der Waals surface area contributed by atoms with Gasteiger partial charge >= 0.3 is 19.2 Å². The van der Waals surface area contributed by atoms with Crippen LogP contribution >= 0.6 is 0 Å². The summed E-state index contributed by atoms with van der Waals surface area (Å²) in [6.45, 7) is 11.1. The first-order valence-corrected chi connectivity index (χ1v) is 8.47. The Kier molecular flexibility index (Phi) is 9.47. The highest BCUT2D eigenvalue weighted by Gasteiger charge is 2.24. The second kappa shape index (κ2) is 11.3. The Morgan fingerprint density at radius 3 is 2.42 bits per heavy atom. The first kappa shape index (κ1) is 21.7. The van der Waals surface area contributed by atoms with E-state index in [-0.39, 0.29) is 25.4 Å². The van der Waals surface area contributed by atoms with E-state index in [9.17, 15) is 9.59 Å². The molecule has 0 aliphatic heterocycles. The lowest BCUT2D eigenvalue weighted by molar-refractivity contribution is -0.137. The maximum Gasteiger partial charge on any atom is 0.494 e. The number of esters is 1. The van der Waals surface area contributed by atoms with Gasteiger partial charge in [-0.1, -0.05) is 18.7 Å². The summed E-state index contributed by atoms with van der Waals surface area (Å²) in [5.74, 6) is -0.193. The summed E-state index contributed by atoms with van der Waals surface area (Å²) in [5, 5.41) is 2.49. The summed E-state index contributed by atoms with van der Waals surface area (Å²) in [6, 6.07) is 6.94. The molecule has 0 aliphatic carbocycles. The molecule has 1 aromatic rings. The second-order valence-corrected chi connectivity index (χ2v) is 5.96. The van der Waals surface area contributed by atoms with Crippen LogP contribution in [0.15, 0.2) is 36.9 Å². The monoisotopic (exact) mass is 363 g/mol. The van der Waals surface area contributed by atoms with Crippen LogP contribution in [0.5, 0.6) is 5.75 Å². The third-order valence-electron chi connectivity index (χ3n) is 2.91. The van der Waals surface area contributed by atoms with Gasteiger partial charge in [0.05, 0.1) is 6.54 Å². The summed E-state index contributed by atoms with van der Waals surface area (Å²) >= 11 is 0. The second-order valence-electron chi connectivity index (χ2n) is 5.96. The predicted octanol–water partition coefficient (Wildman–Crippen LogP) is 2.05. The van der Waals surface area contributed by atoms with E-state index in [4.69, 9.17) is 18.8 Å². The molecule has 0 saturated carbocycles. The van der Waals surface area contributed by atoms with Crippen LogP contribution in [0.3, 0.4) is 0 Å². The smallest absolute Gasteiger partial charge is 0.461 e. The summed E-state index contributed by atoms with van der Waals surface area (Å²) in [7, 11) is -0.556. The van der Waals surface area contributed by atoms with Gasteiger partial charge in [-0.2, -0.15) is 0 Å². The number of nitrogens with one attached hydrogen (secondary N) is 1. The largest absolute Gasteiger partial charge is 0.494 e. The molecule has 1 amide bonds. The van der Waals surface area contributed by atoms with Crippen molar-refractivity contribution < 1.29 is 28.4 Å². The van der Waals surface area contributed by atoms with Crippen molar-refractivity contribution in [2.45, 2.75) is 39.9 Å². The van der Waals surface area contributed by atoms with Crippen molar-refractivity contribution in [3.8, 4) is 5.75 Å². The van der Waals surface area contributed by atoms with Gasteiger partial charge in [0.15, 0.2) is 0 Å². The molecule has 142 valence electrons. The lowest BCUT2D eigenvalue weighted by Crippen LogP contribution is -2.41. The summed E-state index contributed by atoms with van der Waals surface area (Å²) in [6.07, 6.45) is 0.358. The predicted molar refractivity (Wildman–Crippen MR) is 99.5 cm³/mol. The zero-order valence-corrected chi connectivity index (χ0v) is 15.7. The highest BCUT2D eigenvalue weighted by molar-refractivity contribution is 6.61. The summed E-state index contributed by atoms with van der Waals surface area (Å²) < 4.78 is 21.6. The molecule has 8 heteroatoms. The number of ether oxygens (including phenoxy) is 2. The molecule has 26 heavy (non-hydrogen) atoms. The van der Waals surface area contributed by atoms with E-state index in [0.717, 1.165) is 11.5 Å². The average molecular weight is 363 g/mol. The molecular weight excluding hydrogens is 337 g/mol. The van der Waals surface area contributed by atoms with Crippen molar-refractivity contribution in [1.29, 1.82) is 0 Å². The molecule has 0 heterocycles. The first-order chi connectivity index (χ1) is 12.3. The van der Waals surface area contributed by atoms with Crippen LogP contribution in [-0.4, -0.2) is 44.5 Å². The summed E-state index contributed by atoms with van der Waals surface area (Å²) in [5.41, 5.74) is 0.748. The van der Waals surface area contributed by atoms with Crippen molar-refractivity contribution in [2.75, 3.05) is 13.2 Å². The van der Waals surface area contributed by atoms with E-state index in [0.29, 0.717) is 5.75 Å². The molecule has 1 rings (SSSR count). The highest BCUT2D eigenvalue weighted by Crippen LogP contribution is 2.10. The van der Waals surface area contributed by atoms with Crippen LogP contribution in [-0.2, 0) is 18.8 Å². The van der Waals surface area contributed by atoms with Crippen molar-refractivity contribution in [1.82, 2.24) is 5.32 Å². The van der Waals surface area contributed by atoms with Crippen LogP contribution < -0.4 is 15.5 Å². The molecule has 7 nitrogen and oxygen atoms in total. The molecule has 0 aromatic heterocycles. The van der Waals surface area contributed by atoms with E-state index in [1.54, 1.807) is 18.2 Å². The van der Waals surface area contributed by atoms with E-state index in [2.05, 4.69) is 11.9 Å². The lowest BCUT2D eigenvalue weighted by atomic mass is 9.78. The Morgan fingerprint density at radius 1 is 1.19 bits per heavy atom. The minimum absolute atomic E-state index is 0.0232. The van der Waals surface area contributed by atoms with Crippen LogP contribution in [0.1, 0.15) is 27.7 Å². The normalized spacial score (nSPS) is 10.5. The lowest BCUT2D eigenvalue weighted by Gasteiger charge is -2.20. The van der Waals surface area contributed by atoms with Gasteiger partial charge in [-0.25, -0.2) is 9.59 Å². The van der Waals surface area contributed by atoms with E-state index in [1.165, 1.54) is 0 Å². The number of carbonyl (C=O) groups excluding carboxylic acids is 2. The molecule has 0 fully saturated rings. The van der Waals surface area contributed by atoms with Crippen LogP contribution in [0.2, 0.25) is 0 Å². The minimum Gasteiger partial charge on any atom is -0.461 e. The molecule has 0 atom stereocenters. The molecule has 0 saturated heterocycles. The molecule has 0 bridgehead atoms. The minimum atomic E-state index is -0.650. The van der Waals surface area contributed by atoms with Crippen LogP contribution in [0, 0.1) is 0 Å². The first-order valence-electron chi connectivity index (χ1n) is 8.47. The van der Waals surface area contributed by atoms with Gasteiger partial charge in [-0.3, -0.25) is 0 Å². The fourth-order valence-corrected chi connectivity index (χ4v) is 1.92. The van der Waals surface area contributed by atoms with Gasteiger partial charge in [0.2, 0.25) is 0 Å². The fourth-order valence-electron chi connectivity index (χ4n) is 1.92. The molecule has 0 spiro atoms. The van der Waals surface area contributed by atoms with E-state index in [1.807, 2.05) is 33.8 Å². The van der Waals surface area contributed by atoms with E-state index >= 15 is 0 Å². The van der Waals surface area contributed by atoms with E-state index < -0.39 is 19.2 Å². The van der Waals surface area contributed by atoms with Crippen molar-refractivity contribution in [2.24, 2.45) is 0 Å². The van der Waals surface area contributed by atoms with Crippen molar-refractivity contribution >= 4 is 24.6 Å². The number of hydrogen-bond donors (Lipinski definition) is 1. The number of hydrogen-bond acceptors (Lipinski definition) is 6. The Hall–Kier alpha value is -2.32. The van der Waals surface area contributed by atoms with Gasteiger partial charge < -0.3 is 24.1 Å². The van der Waals surface area contributed by atoms with Gasteiger partial charge in [-0.05, 0) is 45.3 Å². The molecule has 1 N–H and O–H groups in total. The zero-order valence-electron chi connectivity index (χ0n) is 15.7. The average Bonchev–Trinajstić information content (AvgIpc) is 2.57. The third-order valence-corrected chi connectivity index (χ3v) is 2.91. The molecule has 0 radical (unpaired) electrons. The summed E-state index contributed by atoms with van der Waals surface area (Å²) in [4.78, 5) is 22.7. The fraction of sp³-hybridized carbons (Fsp3) is 0.444. The SMILES string of the molecule is C=CC(=O)OCCNC(=O)Oc1cccc(B(OC(C)C)OC(C)C)c1. The quantitative estimate of drug-likeness (QED) is 0.297. The van der Waals surface area contributed by atoms with Gasteiger partial charge in [0.1, 0.15) is 12.4 Å². The standard InChI is InChI=1S/C18H26BNO6/c1-6-17(21)23-11-10-20-18(22)24-16-9-7-8-15(12-16)19(25-13(2)3)26-14(4)5/h6-9,12-14H,1,10-11H2,2-5H3,(H,20,22). The number of carbonyl (C=O) groups is 2. The Morgan fingerprint density at radius 2 is 1.85 bits per heavy atom. The highest BCUT2D eigenvalue weighted by atomic mass is 16.6. The third kappa shape index (κ3) is 8.69. The molecule has 0 aliphatic rings. The maximum absolute atomic E-state index is 11.8. The Labute approximate surface area is 154 Å². The van der Waals surface area contributed by atoms with Crippen molar-refractivity contribution in [3.63, 3.8) is 0 Å². The molecular formula is C18H26BNO6. The Balaban J connectivity index is 2.62. The zero-order chi connectivity index (χ0) is 19.5. The van der Waals surface area contributed by atoms with Gasteiger partial charge in [0.25, 0.3) is 0 Å². The van der Waals surface area contributed by atoms with Gasteiger partial charge in [-0.15, -0.1) is 0 Å². The number of benzene rings is 1. The van der Waals surface area contributed by atoms with Crippen LogP contribution in [0.4, 0.5) is 4.79 Å². The maximum atomic E-state index is 11.8. The molecule has 0 unspecified atom stereocenters. The van der Waals surface area contributed by atoms with Crippen molar-refractivity contribution in [3.05, 3.63) is 36.9 Å². The molecule has 1 aromatic carbocycles. The van der Waals surface area contributed by atoms with Crippen LogP contribution in [0.25, 0.3) is 0 Å². The van der Waals surface area contributed by atoms with Gasteiger partial charge in [0, 0.05) is 18.3 Å². The number of amides is 1.